The molecule has 0 amide bonds. The molecule has 1 aromatic heterocycles. The quantitative estimate of drug-likeness (QED) is 0.424. The van der Waals surface area contributed by atoms with Crippen LogP contribution in [-0.4, -0.2) is 72.2 Å². The van der Waals surface area contributed by atoms with Gasteiger partial charge in [-0.3, -0.25) is 4.99 Å². The van der Waals surface area contributed by atoms with Crippen LogP contribution in [0.25, 0.3) is 5.69 Å². The first kappa shape index (κ1) is 20.3. The van der Waals surface area contributed by atoms with E-state index in [-0.39, 0.29) is 0 Å². The highest BCUT2D eigenvalue weighted by molar-refractivity contribution is 5.80. The molecule has 28 heavy (non-hydrogen) atoms. The lowest BCUT2D eigenvalue weighted by molar-refractivity contribution is 0.00989. The molecular formula is C20H30N6O2. The van der Waals surface area contributed by atoms with Gasteiger partial charge in [0.2, 0.25) is 0 Å². The van der Waals surface area contributed by atoms with E-state index in [1.54, 1.807) is 18.1 Å². The molecule has 1 fully saturated rings. The van der Waals surface area contributed by atoms with Gasteiger partial charge in [0.15, 0.2) is 5.96 Å². The number of aromatic nitrogens is 3. The highest BCUT2D eigenvalue weighted by Gasteiger charge is 2.21. The van der Waals surface area contributed by atoms with Gasteiger partial charge in [-0.2, -0.15) is 5.10 Å². The number of benzene rings is 1. The fourth-order valence-electron chi connectivity index (χ4n) is 3.31. The maximum atomic E-state index is 5.94. The van der Waals surface area contributed by atoms with Gasteiger partial charge in [-0.1, -0.05) is 12.1 Å². The van der Waals surface area contributed by atoms with Gasteiger partial charge in [0.25, 0.3) is 0 Å². The second-order valence-corrected chi connectivity index (χ2v) is 6.81. The minimum Gasteiger partial charge on any atom is -0.385 e. The third-order valence-electron chi connectivity index (χ3n) is 4.87. The second-order valence-electron chi connectivity index (χ2n) is 6.81. The lowest BCUT2D eigenvalue weighted by Gasteiger charge is -2.34. The van der Waals surface area contributed by atoms with Crippen LogP contribution in [0.2, 0.25) is 0 Å². The highest BCUT2D eigenvalue weighted by Crippen LogP contribution is 2.14. The summed E-state index contributed by atoms with van der Waals surface area (Å²) in [6, 6.07) is 8.27. The van der Waals surface area contributed by atoms with Gasteiger partial charge in [-0.25, -0.2) is 9.67 Å². The number of hydrogen-bond acceptors (Lipinski definition) is 5. The molecule has 1 saturated heterocycles. The third kappa shape index (κ3) is 5.77. The zero-order chi connectivity index (χ0) is 19.6. The molecule has 0 saturated carbocycles. The standard InChI is InChI=1S/C20H30N6O2/c1-21-20(25-10-8-19(9-11-25)28-13-3-12-27-2)23-14-17-4-6-18(7-5-17)26-16-22-15-24-26/h4-7,15-16,19H,3,8-14H2,1-2H3,(H,21,23). The molecule has 3 rings (SSSR count). The summed E-state index contributed by atoms with van der Waals surface area (Å²) in [4.78, 5) is 10.7. The molecule has 152 valence electrons. The number of nitrogens with zero attached hydrogens (tertiary/aromatic N) is 5. The van der Waals surface area contributed by atoms with Crippen LogP contribution < -0.4 is 5.32 Å². The average molecular weight is 387 g/mol. The van der Waals surface area contributed by atoms with Crippen molar-refractivity contribution in [2.45, 2.75) is 31.9 Å². The van der Waals surface area contributed by atoms with E-state index in [1.165, 1.54) is 11.9 Å². The van der Waals surface area contributed by atoms with Gasteiger partial charge in [0.1, 0.15) is 12.7 Å². The van der Waals surface area contributed by atoms with E-state index in [2.05, 4.69) is 37.4 Å². The van der Waals surface area contributed by atoms with E-state index in [4.69, 9.17) is 9.47 Å². The van der Waals surface area contributed by atoms with Crippen molar-refractivity contribution in [3.63, 3.8) is 0 Å². The molecule has 0 bridgehead atoms. The number of aliphatic imine (C=N–C) groups is 1. The van der Waals surface area contributed by atoms with Crippen molar-refractivity contribution in [3.05, 3.63) is 42.5 Å². The second kappa shape index (κ2) is 10.8. The van der Waals surface area contributed by atoms with Gasteiger partial charge in [0.05, 0.1) is 11.8 Å². The van der Waals surface area contributed by atoms with Crippen molar-refractivity contribution in [2.75, 3.05) is 40.5 Å². The largest absolute Gasteiger partial charge is 0.385 e. The topological polar surface area (TPSA) is 76.8 Å². The fourth-order valence-corrected chi connectivity index (χ4v) is 3.31. The molecule has 2 aromatic rings. The van der Waals surface area contributed by atoms with Crippen molar-refractivity contribution in [1.29, 1.82) is 0 Å². The van der Waals surface area contributed by atoms with Crippen LogP contribution in [0.4, 0.5) is 0 Å². The van der Waals surface area contributed by atoms with E-state index < -0.39 is 0 Å². The molecule has 0 aliphatic carbocycles. The SMILES string of the molecule is CN=C(NCc1ccc(-n2cncn2)cc1)N1CCC(OCCCOC)CC1. The minimum atomic E-state index is 0.343. The summed E-state index contributed by atoms with van der Waals surface area (Å²) in [5.41, 5.74) is 2.19. The molecular weight excluding hydrogens is 356 g/mol. The van der Waals surface area contributed by atoms with E-state index >= 15 is 0 Å². The molecule has 2 heterocycles. The van der Waals surface area contributed by atoms with E-state index in [9.17, 15) is 0 Å². The van der Waals surface area contributed by atoms with Crippen LogP contribution in [0.3, 0.4) is 0 Å². The lowest BCUT2D eigenvalue weighted by atomic mass is 10.1. The van der Waals surface area contributed by atoms with Crippen molar-refractivity contribution in [1.82, 2.24) is 25.0 Å². The molecule has 1 aromatic carbocycles. The number of hydrogen-bond donors (Lipinski definition) is 1. The zero-order valence-corrected chi connectivity index (χ0v) is 16.8. The zero-order valence-electron chi connectivity index (χ0n) is 16.8. The number of likely N-dealkylation sites (tertiary alicyclic amines) is 1. The molecule has 0 unspecified atom stereocenters. The first-order valence-electron chi connectivity index (χ1n) is 9.80. The van der Waals surface area contributed by atoms with Crippen molar-refractivity contribution >= 4 is 5.96 Å². The molecule has 8 nitrogen and oxygen atoms in total. The number of ether oxygens (including phenoxy) is 2. The summed E-state index contributed by atoms with van der Waals surface area (Å²) in [7, 11) is 3.56. The van der Waals surface area contributed by atoms with E-state index in [1.807, 2.05) is 19.2 Å². The Kier molecular flexibility index (Phi) is 7.81. The minimum absolute atomic E-state index is 0.343. The number of piperidine rings is 1. The van der Waals surface area contributed by atoms with Crippen LogP contribution in [0.5, 0.6) is 0 Å². The number of nitrogens with one attached hydrogen (secondary N) is 1. The summed E-state index contributed by atoms with van der Waals surface area (Å²) in [5.74, 6) is 0.943. The normalized spacial score (nSPS) is 15.8. The van der Waals surface area contributed by atoms with Gasteiger partial charge in [-0.15, -0.1) is 0 Å². The van der Waals surface area contributed by atoms with Gasteiger partial charge >= 0.3 is 0 Å². The van der Waals surface area contributed by atoms with Crippen LogP contribution in [0.15, 0.2) is 41.9 Å². The first-order valence-corrected chi connectivity index (χ1v) is 9.80. The highest BCUT2D eigenvalue weighted by atomic mass is 16.5. The Bertz CT molecular complexity index is 709. The summed E-state index contributed by atoms with van der Waals surface area (Å²) < 4.78 is 12.8. The van der Waals surface area contributed by atoms with E-state index in [0.29, 0.717) is 6.10 Å². The smallest absolute Gasteiger partial charge is 0.193 e. The number of guanidine groups is 1. The van der Waals surface area contributed by atoms with Gasteiger partial charge in [0, 0.05) is 47.0 Å². The van der Waals surface area contributed by atoms with Crippen molar-refractivity contribution in [3.8, 4) is 5.69 Å². The first-order chi connectivity index (χ1) is 13.8. The molecule has 0 spiro atoms. The monoisotopic (exact) mass is 386 g/mol. The Morgan fingerprint density at radius 2 is 2.00 bits per heavy atom. The predicted octanol–water partition coefficient (Wildman–Crippen LogP) is 1.86. The maximum absolute atomic E-state index is 5.94. The Labute approximate surface area is 166 Å². The van der Waals surface area contributed by atoms with E-state index in [0.717, 1.165) is 63.8 Å². The Morgan fingerprint density at radius 1 is 1.21 bits per heavy atom. The van der Waals surface area contributed by atoms with Gasteiger partial charge in [-0.05, 0) is 37.0 Å². The Hall–Kier alpha value is -2.45. The van der Waals surface area contributed by atoms with Crippen molar-refractivity contribution in [2.24, 2.45) is 4.99 Å². The van der Waals surface area contributed by atoms with Crippen LogP contribution in [0.1, 0.15) is 24.8 Å². The lowest BCUT2D eigenvalue weighted by Crippen LogP contribution is -2.46. The Balaban J connectivity index is 1.42. The fraction of sp³-hybridized carbons (Fsp3) is 0.550. The summed E-state index contributed by atoms with van der Waals surface area (Å²) in [6.45, 7) is 4.18. The van der Waals surface area contributed by atoms with Crippen LogP contribution in [0, 0.1) is 0 Å². The molecule has 8 heteroatoms. The van der Waals surface area contributed by atoms with Crippen LogP contribution >= 0.6 is 0 Å². The molecule has 1 N–H and O–H groups in total. The van der Waals surface area contributed by atoms with Crippen LogP contribution in [-0.2, 0) is 16.0 Å². The summed E-state index contributed by atoms with van der Waals surface area (Å²) in [6.07, 6.45) is 6.58. The summed E-state index contributed by atoms with van der Waals surface area (Å²) >= 11 is 0. The number of rotatable bonds is 8. The predicted molar refractivity (Wildman–Crippen MR) is 109 cm³/mol. The summed E-state index contributed by atoms with van der Waals surface area (Å²) in [5, 5.41) is 7.61. The molecule has 0 atom stereocenters. The maximum Gasteiger partial charge on any atom is 0.193 e. The number of methoxy groups -OCH3 is 1. The molecule has 0 radical (unpaired) electrons. The molecule has 1 aliphatic heterocycles. The van der Waals surface area contributed by atoms with Gasteiger partial charge < -0.3 is 19.7 Å². The third-order valence-corrected chi connectivity index (χ3v) is 4.87. The Morgan fingerprint density at radius 3 is 2.64 bits per heavy atom. The molecule has 1 aliphatic rings. The average Bonchev–Trinajstić information content (AvgIpc) is 3.28. The van der Waals surface area contributed by atoms with Crippen molar-refractivity contribution < 1.29 is 9.47 Å².